The molecule has 128 valence electrons. The quantitative estimate of drug-likeness (QED) is 0.740. The van der Waals surface area contributed by atoms with E-state index < -0.39 is 5.88 Å². The first kappa shape index (κ1) is 16.6. The monoisotopic (exact) mass is 337 g/mol. The molecule has 2 heterocycles. The first-order valence-electron chi connectivity index (χ1n) is 7.69. The van der Waals surface area contributed by atoms with E-state index in [0.717, 1.165) is 15.8 Å². The molecule has 8 nitrogen and oxygen atoms in total. The molecule has 0 amide bonds. The van der Waals surface area contributed by atoms with Gasteiger partial charge in [-0.15, -0.1) is 5.11 Å². The van der Waals surface area contributed by atoms with Gasteiger partial charge in [0.05, 0.1) is 11.4 Å². The van der Waals surface area contributed by atoms with E-state index in [1.54, 1.807) is 13.8 Å². The fourth-order valence-corrected chi connectivity index (χ4v) is 2.44. The summed E-state index contributed by atoms with van der Waals surface area (Å²) in [6.07, 6.45) is 0. The van der Waals surface area contributed by atoms with Crippen LogP contribution in [0.4, 0.5) is 11.4 Å². The minimum atomic E-state index is -0.486. The zero-order valence-electron chi connectivity index (χ0n) is 14.4. The molecule has 0 saturated heterocycles. The number of benzene rings is 1. The van der Waals surface area contributed by atoms with E-state index in [4.69, 9.17) is 0 Å². The summed E-state index contributed by atoms with van der Waals surface area (Å²) in [5.41, 5.74) is 3.43. The number of aromatic nitrogens is 4. The number of hydrogen-bond donors (Lipinski definition) is 1. The molecule has 0 bridgehead atoms. The van der Waals surface area contributed by atoms with Crippen molar-refractivity contribution in [3.63, 3.8) is 0 Å². The molecule has 0 atom stereocenters. The van der Waals surface area contributed by atoms with E-state index in [0.29, 0.717) is 17.1 Å². The fourth-order valence-electron chi connectivity index (χ4n) is 2.44. The number of hydrogen-bond acceptors (Lipinski definition) is 6. The van der Waals surface area contributed by atoms with Crippen molar-refractivity contribution in [2.75, 3.05) is 0 Å². The summed E-state index contributed by atoms with van der Waals surface area (Å²) in [5, 5.41) is 24.9. The van der Waals surface area contributed by atoms with Crippen LogP contribution in [0.25, 0.3) is 5.95 Å². The number of rotatable bonds is 3. The predicted octanol–water partition coefficient (Wildman–Crippen LogP) is 2.68. The summed E-state index contributed by atoms with van der Waals surface area (Å²) in [6, 6.07) is 7.10. The van der Waals surface area contributed by atoms with Crippen molar-refractivity contribution in [3.05, 3.63) is 57.1 Å². The van der Waals surface area contributed by atoms with Crippen LogP contribution in [-0.2, 0) is 0 Å². The molecule has 0 radical (unpaired) electrons. The normalized spacial score (nSPS) is 11.4. The van der Waals surface area contributed by atoms with Gasteiger partial charge in [-0.25, -0.2) is 9.67 Å². The second-order valence-electron chi connectivity index (χ2n) is 5.85. The Balaban J connectivity index is 2.02. The molecule has 0 fully saturated rings. The summed E-state index contributed by atoms with van der Waals surface area (Å²) < 4.78 is 1.03. The number of azo groups is 1. The van der Waals surface area contributed by atoms with Gasteiger partial charge >= 0.3 is 0 Å². The van der Waals surface area contributed by atoms with Gasteiger partial charge in [0.2, 0.25) is 5.95 Å². The Morgan fingerprint density at radius 3 is 2.56 bits per heavy atom. The van der Waals surface area contributed by atoms with Crippen molar-refractivity contribution in [1.29, 1.82) is 0 Å². The maximum Gasteiger partial charge on any atom is 0.252 e. The Bertz CT molecular complexity index is 1030. The molecule has 1 N–H and O–H groups in total. The van der Waals surface area contributed by atoms with Crippen LogP contribution in [0.1, 0.15) is 22.5 Å². The van der Waals surface area contributed by atoms with Gasteiger partial charge < -0.3 is 5.11 Å². The molecule has 0 aliphatic rings. The maximum absolute atomic E-state index is 12.6. The highest BCUT2D eigenvalue weighted by Crippen LogP contribution is 2.31. The summed E-state index contributed by atoms with van der Waals surface area (Å²) in [5.74, 6) is -0.425. The van der Waals surface area contributed by atoms with Crippen LogP contribution in [0.5, 0.6) is 5.88 Å². The van der Waals surface area contributed by atoms with Crippen LogP contribution in [0.3, 0.4) is 0 Å². The third-order valence-corrected chi connectivity index (χ3v) is 3.66. The Labute approximate surface area is 143 Å². The van der Waals surface area contributed by atoms with Gasteiger partial charge in [-0.2, -0.15) is 10.2 Å². The molecule has 3 aromatic rings. The molecular formula is C17H17N6O2-. The molecule has 0 unspecified atom stereocenters. The van der Waals surface area contributed by atoms with Crippen molar-refractivity contribution in [2.45, 2.75) is 27.7 Å². The highest BCUT2D eigenvalue weighted by molar-refractivity contribution is 5.53. The summed E-state index contributed by atoms with van der Waals surface area (Å²) in [4.78, 5) is 18.2. The van der Waals surface area contributed by atoms with Crippen LogP contribution in [0, 0.1) is 27.7 Å². The van der Waals surface area contributed by atoms with Gasteiger partial charge in [0.25, 0.3) is 5.56 Å². The lowest BCUT2D eigenvalue weighted by Gasteiger charge is -2.09. The van der Waals surface area contributed by atoms with Gasteiger partial charge in [0.15, 0.2) is 0 Å². The van der Waals surface area contributed by atoms with Gasteiger partial charge in [0.1, 0.15) is 5.69 Å². The molecule has 3 rings (SSSR count). The highest BCUT2D eigenvalue weighted by atomic mass is 16.3. The Morgan fingerprint density at radius 2 is 1.88 bits per heavy atom. The number of H-pyrrole nitrogens is 1. The van der Waals surface area contributed by atoms with E-state index in [1.807, 2.05) is 32.0 Å². The molecule has 2 aromatic heterocycles. The number of nitrogens with one attached hydrogen (secondary N) is 1. The average molecular weight is 337 g/mol. The smallest absolute Gasteiger partial charge is 0.252 e. The number of nitrogens with zero attached hydrogens (tertiary/aromatic N) is 5. The molecule has 1 aromatic carbocycles. The predicted molar refractivity (Wildman–Crippen MR) is 91.0 cm³/mol. The first-order chi connectivity index (χ1) is 11.8. The fraction of sp³-hybridized carbons (Fsp3) is 0.235. The van der Waals surface area contributed by atoms with E-state index in [1.165, 1.54) is 6.07 Å². The summed E-state index contributed by atoms with van der Waals surface area (Å²) in [6.45, 7) is 7.24. The van der Waals surface area contributed by atoms with Crippen molar-refractivity contribution in [3.8, 4) is 11.8 Å². The van der Waals surface area contributed by atoms with Gasteiger partial charge in [0, 0.05) is 17.6 Å². The van der Waals surface area contributed by atoms with Crippen LogP contribution in [0.2, 0.25) is 0 Å². The van der Waals surface area contributed by atoms with Crippen LogP contribution in [0.15, 0.2) is 39.3 Å². The zero-order valence-corrected chi connectivity index (χ0v) is 14.4. The van der Waals surface area contributed by atoms with E-state index >= 15 is 0 Å². The average Bonchev–Trinajstić information content (AvgIpc) is 2.80. The second-order valence-corrected chi connectivity index (χ2v) is 5.85. The van der Waals surface area contributed by atoms with Gasteiger partial charge in [-0.3, -0.25) is 9.78 Å². The van der Waals surface area contributed by atoms with E-state index in [9.17, 15) is 9.90 Å². The SMILES string of the molecule is Cc1ccc(N=Nc2c(C)nn(-c3nc(C)cc(=O)[nH]3)c2[O-])c(C)c1. The van der Waals surface area contributed by atoms with Crippen LogP contribution in [-0.4, -0.2) is 19.7 Å². The standard InChI is InChI=1S/C17H18N6O2/c1-9-5-6-13(10(2)7-9)20-21-15-12(4)22-23(16(15)25)17-18-11(3)8-14(24)19-17/h5-8,25H,1-4H3,(H,18,19,24)/p-1. The maximum atomic E-state index is 12.6. The molecule has 25 heavy (non-hydrogen) atoms. The van der Waals surface area contributed by atoms with E-state index in [-0.39, 0.29) is 17.2 Å². The number of aromatic amines is 1. The number of aryl methyl sites for hydroxylation is 4. The third kappa shape index (κ3) is 3.32. The second kappa shape index (κ2) is 6.31. The largest absolute Gasteiger partial charge is 0.857 e. The lowest BCUT2D eigenvalue weighted by atomic mass is 10.1. The lowest BCUT2D eigenvalue weighted by Crippen LogP contribution is -2.15. The van der Waals surface area contributed by atoms with Crippen LogP contribution < -0.4 is 10.7 Å². The van der Waals surface area contributed by atoms with E-state index in [2.05, 4.69) is 25.3 Å². The highest BCUT2D eigenvalue weighted by Gasteiger charge is 2.11. The Kier molecular flexibility index (Phi) is 4.18. The first-order valence-corrected chi connectivity index (χ1v) is 7.69. The van der Waals surface area contributed by atoms with Crippen molar-refractivity contribution < 1.29 is 5.11 Å². The molecule has 0 aliphatic heterocycles. The summed E-state index contributed by atoms with van der Waals surface area (Å²) >= 11 is 0. The molecule has 8 heteroatoms. The zero-order chi connectivity index (χ0) is 18.1. The van der Waals surface area contributed by atoms with Crippen molar-refractivity contribution in [2.24, 2.45) is 10.2 Å². The van der Waals surface area contributed by atoms with Crippen molar-refractivity contribution in [1.82, 2.24) is 19.7 Å². The molecular weight excluding hydrogens is 320 g/mol. The van der Waals surface area contributed by atoms with Crippen molar-refractivity contribution >= 4 is 11.4 Å². The van der Waals surface area contributed by atoms with Crippen LogP contribution >= 0.6 is 0 Å². The minimum absolute atomic E-state index is 0.0612. The molecule has 0 saturated carbocycles. The summed E-state index contributed by atoms with van der Waals surface area (Å²) in [7, 11) is 0. The topological polar surface area (TPSA) is 111 Å². The van der Waals surface area contributed by atoms with Gasteiger partial charge in [-0.05, 0) is 39.3 Å². The third-order valence-electron chi connectivity index (χ3n) is 3.66. The van der Waals surface area contributed by atoms with Gasteiger partial charge in [-0.1, -0.05) is 17.7 Å². The lowest BCUT2D eigenvalue weighted by molar-refractivity contribution is -0.276. The molecule has 0 aliphatic carbocycles. The Morgan fingerprint density at radius 1 is 1.12 bits per heavy atom. The molecule has 0 spiro atoms. The Hall–Kier alpha value is -3.29. The minimum Gasteiger partial charge on any atom is -0.857 e.